The number of benzene rings is 2. The lowest BCUT2D eigenvalue weighted by molar-refractivity contribution is 0.0599. The SMILES string of the molecule is COC(=O)c1ccc(C(=O)O)cc1NC(=O)c1cc2ccccc2s1. The van der Waals surface area contributed by atoms with Gasteiger partial charge < -0.3 is 15.2 Å². The van der Waals surface area contributed by atoms with E-state index in [-0.39, 0.29) is 16.8 Å². The summed E-state index contributed by atoms with van der Waals surface area (Å²) >= 11 is 1.31. The van der Waals surface area contributed by atoms with Gasteiger partial charge in [-0.25, -0.2) is 9.59 Å². The van der Waals surface area contributed by atoms with E-state index < -0.39 is 17.8 Å². The van der Waals surface area contributed by atoms with Crippen LogP contribution in [0.25, 0.3) is 10.1 Å². The lowest BCUT2D eigenvalue weighted by atomic mass is 10.1. The molecular formula is C18H13NO5S. The minimum Gasteiger partial charge on any atom is -0.478 e. The van der Waals surface area contributed by atoms with Crippen LogP contribution in [-0.2, 0) is 4.74 Å². The first kappa shape index (κ1) is 16.7. The number of carbonyl (C=O) groups excluding carboxylic acids is 2. The van der Waals surface area contributed by atoms with Crippen LogP contribution in [0.15, 0.2) is 48.5 Å². The lowest BCUT2D eigenvalue weighted by Gasteiger charge is -2.10. The molecule has 0 radical (unpaired) electrons. The second-order valence-corrected chi connectivity index (χ2v) is 6.24. The zero-order chi connectivity index (χ0) is 18.0. The first-order valence-electron chi connectivity index (χ1n) is 7.25. The molecule has 2 N–H and O–H groups in total. The first-order chi connectivity index (χ1) is 12.0. The van der Waals surface area contributed by atoms with Crippen LogP contribution in [0.5, 0.6) is 0 Å². The summed E-state index contributed by atoms with van der Waals surface area (Å²) in [5.41, 5.74) is 0.135. The summed E-state index contributed by atoms with van der Waals surface area (Å²) in [6.07, 6.45) is 0. The predicted octanol–water partition coefficient (Wildman–Crippen LogP) is 3.64. The van der Waals surface area contributed by atoms with E-state index in [4.69, 9.17) is 5.11 Å². The number of thiophene rings is 1. The summed E-state index contributed by atoms with van der Waals surface area (Å²) in [6.45, 7) is 0. The maximum Gasteiger partial charge on any atom is 0.339 e. The van der Waals surface area contributed by atoms with Gasteiger partial charge in [0.25, 0.3) is 5.91 Å². The summed E-state index contributed by atoms with van der Waals surface area (Å²) in [5.74, 6) is -2.24. The molecule has 3 aromatic rings. The van der Waals surface area contributed by atoms with E-state index in [0.717, 1.165) is 10.1 Å². The molecule has 25 heavy (non-hydrogen) atoms. The van der Waals surface area contributed by atoms with Crippen molar-refractivity contribution in [2.45, 2.75) is 0 Å². The molecule has 1 heterocycles. The average molecular weight is 355 g/mol. The second-order valence-electron chi connectivity index (χ2n) is 5.16. The number of aromatic carboxylic acids is 1. The van der Waals surface area contributed by atoms with Crippen molar-refractivity contribution in [3.8, 4) is 0 Å². The Morgan fingerprint density at radius 2 is 1.84 bits per heavy atom. The molecule has 0 aliphatic rings. The largest absolute Gasteiger partial charge is 0.478 e. The number of carboxylic acids is 1. The molecule has 0 saturated heterocycles. The maximum absolute atomic E-state index is 12.5. The molecule has 0 saturated carbocycles. The number of esters is 1. The summed E-state index contributed by atoms with van der Waals surface area (Å²) in [4.78, 5) is 36.0. The van der Waals surface area contributed by atoms with Crippen LogP contribution in [0.2, 0.25) is 0 Å². The predicted molar refractivity (Wildman–Crippen MR) is 94.5 cm³/mol. The van der Waals surface area contributed by atoms with E-state index in [1.165, 1.54) is 36.6 Å². The fraction of sp³-hybridized carbons (Fsp3) is 0.0556. The number of carbonyl (C=O) groups is 3. The minimum atomic E-state index is -1.16. The molecule has 0 spiro atoms. The number of anilines is 1. The van der Waals surface area contributed by atoms with E-state index in [2.05, 4.69) is 10.1 Å². The van der Waals surface area contributed by atoms with Gasteiger partial charge in [-0.05, 0) is 35.7 Å². The van der Waals surface area contributed by atoms with Crippen molar-refractivity contribution in [3.63, 3.8) is 0 Å². The molecule has 0 fully saturated rings. The summed E-state index contributed by atoms with van der Waals surface area (Å²) in [6, 6.07) is 13.1. The molecule has 1 aromatic heterocycles. The summed E-state index contributed by atoms with van der Waals surface area (Å²) < 4.78 is 5.64. The molecule has 0 aliphatic carbocycles. The van der Waals surface area contributed by atoms with Crippen molar-refractivity contribution in [3.05, 3.63) is 64.5 Å². The third kappa shape index (κ3) is 3.36. The molecule has 126 valence electrons. The molecule has 6 nitrogen and oxygen atoms in total. The van der Waals surface area contributed by atoms with Gasteiger partial charge in [-0.3, -0.25) is 4.79 Å². The molecule has 7 heteroatoms. The third-order valence-corrected chi connectivity index (χ3v) is 4.68. The molecule has 0 aliphatic heterocycles. The van der Waals surface area contributed by atoms with Crippen molar-refractivity contribution in [1.29, 1.82) is 0 Å². The van der Waals surface area contributed by atoms with Gasteiger partial charge >= 0.3 is 11.9 Å². The monoisotopic (exact) mass is 355 g/mol. The van der Waals surface area contributed by atoms with Crippen molar-refractivity contribution in [1.82, 2.24) is 0 Å². The number of nitrogens with one attached hydrogen (secondary N) is 1. The number of hydrogen-bond acceptors (Lipinski definition) is 5. The zero-order valence-corrected chi connectivity index (χ0v) is 13.9. The van der Waals surface area contributed by atoms with Crippen LogP contribution >= 0.6 is 11.3 Å². The van der Waals surface area contributed by atoms with E-state index >= 15 is 0 Å². The number of ether oxygens (including phenoxy) is 1. The van der Waals surface area contributed by atoms with Crippen LogP contribution < -0.4 is 5.32 Å². The number of rotatable bonds is 4. The Balaban J connectivity index is 1.97. The number of amides is 1. The van der Waals surface area contributed by atoms with E-state index in [1.807, 2.05) is 24.3 Å². The fourth-order valence-electron chi connectivity index (χ4n) is 2.35. The van der Waals surface area contributed by atoms with E-state index in [9.17, 15) is 14.4 Å². The highest BCUT2D eigenvalue weighted by molar-refractivity contribution is 7.20. The quantitative estimate of drug-likeness (QED) is 0.697. The van der Waals surface area contributed by atoms with Crippen molar-refractivity contribution in [2.24, 2.45) is 0 Å². The Kier molecular flexibility index (Phi) is 4.49. The third-order valence-electron chi connectivity index (χ3n) is 3.57. The minimum absolute atomic E-state index is 0.0423. The smallest absolute Gasteiger partial charge is 0.339 e. The van der Waals surface area contributed by atoms with Gasteiger partial charge in [0, 0.05) is 4.70 Å². The molecule has 2 aromatic carbocycles. The highest BCUT2D eigenvalue weighted by Crippen LogP contribution is 2.27. The zero-order valence-electron chi connectivity index (χ0n) is 13.1. The molecule has 0 bridgehead atoms. The number of fused-ring (bicyclic) bond motifs is 1. The Hall–Kier alpha value is -3.19. The van der Waals surface area contributed by atoms with Gasteiger partial charge in [0.1, 0.15) is 0 Å². The Morgan fingerprint density at radius 3 is 2.52 bits per heavy atom. The summed E-state index contributed by atoms with van der Waals surface area (Å²) in [5, 5.41) is 12.7. The Labute approximate surface area is 146 Å². The molecule has 0 atom stereocenters. The van der Waals surface area contributed by atoms with Gasteiger partial charge in [-0.15, -0.1) is 11.3 Å². The average Bonchev–Trinajstić information content (AvgIpc) is 3.05. The normalized spacial score (nSPS) is 10.4. The summed E-state index contributed by atoms with van der Waals surface area (Å²) in [7, 11) is 1.21. The number of hydrogen-bond donors (Lipinski definition) is 2. The lowest BCUT2D eigenvalue weighted by Crippen LogP contribution is -2.15. The van der Waals surface area contributed by atoms with E-state index in [1.54, 1.807) is 6.07 Å². The van der Waals surface area contributed by atoms with Crippen LogP contribution in [0.3, 0.4) is 0 Å². The van der Waals surface area contributed by atoms with Gasteiger partial charge in [-0.1, -0.05) is 18.2 Å². The Bertz CT molecular complexity index is 959. The molecular weight excluding hydrogens is 342 g/mol. The van der Waals surface area contributed by atoms with Gasteiger partial charge in [0.2, 0.25) is 0 Å². The van der Waals surface area contributed by atoms with Gasteiger partial charge in [0.05, 0.1) is 28.8 Å². The molecule has 3 rings (SSSR count). The van der Waals surface area contributed by atoms with Gasteiger partial charge in [-0.2, -0.15) is 0 Å². The second kappa shape index (κ2) is 6.74. The van der Waals surface area contributed by atoms with Crippen molar-refractivity contribution in [2.75, 3.05) is 12.4 Å². The highest BCUT2D eigenvalue weighted by atomic mass is 32.1. The Morgan fingerprint density at radius 1 is 1.08 bits per heavy atom. The highest BCUT2D eigenvalue weighted by Gasteiger charge is 2.18. The fourth-order valence-corrected chi connectivity index (χ4v) is 3.30. The topological polar surface area (TPSA) is 92.7 Å². The van der Waals surface area contributed by atoms with Crippen LogP contribution in [0, 0.1) is 0 Å². The van der Waals surface area contributed by atoms with E-state index in [0.29, 0.717) is 4.88 Å². The maximum atomic E-state index is 12.5. The first-order valence-corrected chi connectivity index (χ1v) is 8.07. The van der Waals surface area contributed by atoms with Gasteiger partial charge in [0.15, 0.2) is 0 Å². The number of carboxylic acid groups (broad SMARTS) is 1. The number of methoxy groups -OCH3 is 1. The molecule has 0 unspecified atom stereocenters. The standard InChI is InChI=1S/C18H13NO5S/c1-24-18(23)12-7-6-11(17(21)22)8-13(12)19-16(20)15-9-10-4-2-3-5-14(10)25-15/h2-9H,1H3,(H,19,20)(H,21,22). The van der Waals surface area contributed by atoms with Crippen molar-refractivity contribution >= 4 is 45.0 Å². The van der Waals surface area contributed by atoms with Crippen molar-refractivity contribution < 1.29 is 24.2 Å². The van der Waals surface area contributed by atoms with Crippen LogP contribution in [0.4, 0.5) is 5.69 Å². The molecule has 1 amide bonds. The van der Waals surface area contributed by atoms with Crippen LogP contribution in [0.1, 0.15) is 30.4 Å². The van der Waals surface area contributed by atoms with Crippen LogP contribution in [-0.4, -0.2) is 30.1 Å².